The van der Waals surface area contributed by atoms with Gasteiger partial charge < -0.3 is 0 Å². The fraction of sp³-hybridized carbons (Fsp3) is 0.222. The molecule has 68 valence electrons. The van der Waals surface area contributed by atoms with Crippen LogP contribution in [0.2, 0.25) is 0 Å². The first kappa shape index (κ1) is 9.38. The van der Waals surface area contributed by atoms with Gasteiger partial charge in [-0.25, -0.2) is 0 Å². The van der Waals surface area contributed by atoms with Crippen molar-refractivity contribution < 1.29 is 9.72 Å². The molecule has 4 nitrogen and oxygen atoms in total. The Morgan fingerprint density at radius 3 is 2.77 bits per heavy atom. The number of nitro benzene ring substituents is 1. The van der Waals surface area contributed by atoms with Gasteiger partial charge in [0.15, 0.2) is 0 Å². The van der Waals surface area contributed by atoms with Crippen molar-refractivity contribution >= 4 is 11.5 Å². The van der Waals surface area contributed by atoms with E-state index in [0.29, 0.717) is 5.56 Å². The van der Waals surface area contributed by atoms with Crippen molar-refractivity contribution in [1.82, 2.24) is 0 Å². The average molecular weight is 179 g/mol. The lowest BCUT2D eigenvalue weighted by atomic mass is 10.1. The number of hydrogen-bond donors (Lipinski definition) is 0. The largest absolute Gasteiger partial charge is 0.300 e. The zero-order valence-electron chi connectivity index (χ0n) is 7.19. The predicted molar refractivity (Wildman–Crippen MR) is 47.5 cm³/mol. The molecule has 0 aliphatic heterocycles. The Hall–Kier alpha value is -1.71. The zero-order valence-corrected chi connectivity index (χ0v) is 7.19. The highest BCUT2D eigenvalue weighted by Crippen LogP contribution is 2.13. The van der Waals surface area contributed by atoms with E-state index in [9.17, 15) is 14.9 Å². The van der Waals surface area contributed by atoms with Crippen molar-refractivity contribution in [3.8, 4) is 0 Å². The first-order valence-corrected chi connectivity index (χ1v) is 3.82. The topological polar surface area (TPSA) is 60.2 Å². The molecule has 0 aliphatic rings. The average Bonchev–Trinajstić information content (AvgIpc) is 2.03. The number of benzene rings is 1. The molecular formula is C9H9NO3. The molecule has 0 aliphatic carbocycles. The Morgan fingerprint density at radius 2 is 2.23 bits per heavy atom. The van der Waals surface area contributed by atoms with Crippen LogP contribution < -0.4 is 0 Å². The highest BCUT2D eigenvalue weighted by atomic mass is 16.6. The van der Waals surface area contributed by atoms with Crippen LogP contribution in [-0.4, -0.2) is 10.7 Å². The molecule has 0 bridgehead atoms. The molecule has 0 spiro atoms. The van der Waals surface area contributed by atoms with Gasteiger partial charge in [0.2, 0.25) is 0 Å². The third-order valence-electron chi connectivity index (χ3n) is 1.57. The van der Waals surface area contributed by atoms with Crippen LogP contribution >= 0.6 is 0 Å². The molecule has 0 fully saturated rings. The van der Waals surface area contributed by atoms with Gasteiger partial charge in [0.05, 0.1) is 4.92 Å². The highest BCUT2D eigenvalue weighted by Gasteiger charge is 2.06. The number of nitrogens with zero attached hydrogens (tertiary/aromatic N) is 1. The van der Waals surface area contributed by atoms with Crippen molar-refractivity contribution in [3.63, 3.8) is 0 Å². The van der Waals surface area contributed by atoms with E-state index in [1.807, 2.05) is 0 Å². The molecule has 0 unspecified atom stereocenters. The summed E-state index contributed by atoms with van der Waals surface area (Å²) < 4.78 is 0. The van der Waals surface area contributed by atoms with Gasteiger partial charge in [0.1, 0.15) is 5.78 Å². The third-order valence-corrected chi connectivity index (χ3v) is 1.57. The van der Waals surface area contributed by atoms with Gasteiger partial charge >= 0.3 is 0 Å². The lowest BCUT2D eigenvalue weighted by Crippen LogP contribution is -1.97. The number of carbonyl (C=O) groups is 1. The molecule has 0 radical (unpaired) electrons. The second-order valence-electron chi connectivity index (χ2n) is 2.81. The van der Waals surface area contributed by atoms with E-state index in [1.165, 1.54) is 19.1 Å². The van der Waals surface area contributed by atoms with Crippen molar-refractivity contribution in [2.45, 2.75) is 13.3 Å². The zero-order chi connectivity index (χ0) is 9.84. The molecule has 0 heterocycles. The molecule has 1 aromatic carbocycles. The van der Waals surface area contributed by atoms with Crippen LogP contribution in [0.25, 0.3) is 0 Å². The molecule has 0 saturated heterocycles. The molecule has 0 amide bonds. The molecule has 0 N–H and O–H groups in total. The van der Waals surface area contributed by atoms with Gasteiger partial charge in [-0.2, -0.15) is 0 Å². The minimum atomic E-state index is -0.469. The monoisotopic (exact) mass is 179 g/mol. The Bertz CT molecular complexity index is 346. The van der Waals surface area contributed by atoms with Gasteiger partial charge in [0.25, 0.3) is 5.69 Å². The lowest BCUT2D eigenvalue weighted by molar-refractivity contribution is -0.384. The molecule has 0 aromatic heterocycles. The second kappa shape index (κ2) is 3.80. The standard InChI is InChI=1S/C9H9NO3/c1-7(11)5-8-3-2-4-9(6-8)10(12)13/h2-4,6H,5H2,1H3. The summed E-state index contributed by atoms with van der Waals surface area (Å²) in [4.78, 5) is 20.6. The van der Waals surface area contributed by atoms with Gasteiger partial charge in [-0.15, -0.1) is 0 Å². The molecule has 4 heteroatoms. The third kappa shape index (κ3) is 2.66. The Balaban J connectivity index is 2.91. The van der Waals surface area contributed by atoms with E-state index < -0.39 is 4.92 Å². The second-order valence-corrected chi connectivity index (χ2v) is 2.81. The molecule has 0 saturated carbocycles. The van der Waals surface area contributed by atoms with Crippen molar-refractivity contribution in [2.24, 2.45) is 0 Å². The van der Waals surface area contributed by atoms with Crippen LogP contribution in [-0.2, 0) is 11.2 Å². The normalized spacial score (nSPS) is 9.62. The van der Waals surface area contributed by atoms with Gasteiger partial charge in [-0.1, -0.05) is 12.1 Å². The summed E-state index contributed by atoms with van der Waals surface area (Å²) in [5.74, 6) is 0.000461. The Labute approximate surface area is 75.3 Å². The number of hydrogen-bond acceptors (Lipinski definition) is 3. The predicted octanol–water partition coefficient (Wildman–Crippen LogP) is 1.73. The van der Waals surface area contributed by atoms with Crippen molar-refractivity contribution in [3.05, 3.63) is 39.9 Å². The molecular weight excluding hydrogens is 170 g/mol. The SMILES string of the molecule is CC(=O)Cc1cccc([N+](=O)[O-])c1. The maximum Gasteiger partial charge on any atom is 0.269 e. The Morgan fingerprint density at radius 1 is 1.54 bits per heavy atom. The minimum Gasteiger partial charge on any atom is -0.300 e. The van der Waals surface area contributed by atoms with Crippen LogP contribution in [0.3, 0.4) is 0 Å². The smallest absolute Gasteiger partial charge is 0.269 e. The number of carbonyl (C=O) groups excluding carboxylic acids is 1. The van der Waals surface area contributed by atoms with Gasteiger partial charge in [-0.3, -0.25) is 14.9 Å². The minimum absolute atomic E-state index is 0.000461. The van der Waals surface area contributed by atoms with Crippen molar-refractivity contribution in [2.75, 3.05) is 0 Å². The summed E-state index contributed by atoms with van der Waals surface area (Å²) in [6.07, 6.45) is 0.252. The number of ketones is 1. The van der Waals surface area contributed by atoms with E-state index in [2.05, 4.69) is 0 Å². The Kier molecular flexibility index (Phi) is 2.74. The number of rotatable bonds is 3. The van der Waals surface area contributed by atoms with E-state index in [4.69, 9.17) is 0 Å². The number of non-ortho nitro benzene ring substituents is 1. The highest BCUT2D eigenvalue weighted by molar-refractivity contribution is 5.78. The van der Waals surface area contributed by atoms with E-state index in [-0.39, 0.29) is 17.9 Å². The molecule has 1 rings (SSSR count). The van der Waals surface area contributed by atoms with Crippen LogP contribution in [0.1, 0.15) is 12.5 Å². The summed E-state index contributed by atoms with van der Waals surface area (Å²) in [5.41, 5.74) is 0.709. The first-order valence-electron chi connectivity index (χ1n) is 3.82. The van der Waals surface area contributed by atoms with Crippen molar-refractivity contribution in [1.29, 1.82) is 0 Å². The van der Waals surface area contributed by atoms with Crippen LogP contribution in [0.4, 0.5) is 5.69 Å². The maximum atomic E-state index is 10.7. The fourth-order valence-corrected chi connectivity index (χ4v) is 1.07. The van der Waals surface area contributed by atoms with Gasteiger partial charge in [0, 0.05) is 18.6 Å². The number of Topliss-reactive ketones (excluding diaryl/α,β-unsaturated/α-hetero) is 1. The van der Waals surface area contributed by atoms with E-state index in [0.717, 1.165) is 0 Å². The summed E-state index contributed by atoms with van der Waals surface area (Å²) in [7, 11) is 0. The number of nitro groups is 1. The van der Waals surface area contributed by atoms with Crippen LogP contribution in [0, 0.1) is 10.1 Å². The van der Waals surface area contributed by atoms with E-state index in [1.54, 1.807) is 12.1 Å². The summed E-state index contributed by atoms with van der Waals surface area (Å²) >= 11 is 0. The summed E-state index contributed by atoms with van der Waals surface area (Å²) in [6, 6.07) is 6.11. The van der Waals surface area contributed by atoms with E-state index >= 15 is 0 Å². The summed E-state index contributed by atoms with van der Waals surface area (Å²) in [6.45, 7) is 1.46. The molecule has 1 aromatic rings. The fourth-order valence-electron chi connectivity index (χ4n) is 1.07. The first-order chi connectivity index (χ1) is 6.09. The van der Waals surface area contributed by atoms with Crippen LogP contribution in [0.5, 0.6) is 0 Å². The molecule has 13 heavy (non-hydrogen) atoms. The van der Waals surface area contributed by atoms with Crippen LogP contribution in [0.15, 0.2) is 24.3 Å². The quantitative estimate of drug-likeness (QED) is 0.524. The summed E-state index contributed by atoms with van der Waals surface area (Å²) in [5, 5.41) is 10.4. The maximum absolute atomic E-state index is 10.7. The lowest BCUT2D eigenvalue weighted by Gasteiger charge is -1.96. The van der Waals surface area contributed by atoms with Gasteiger partial charge in [-0.05, 0) is 12.5 Å². The molecule has 0 atom stereocenters.